The molecule has 0 aromatic carbocycles. The van der Waals surface area contributed by atoms with E-state index in [-0.39, 0.29) is 24.0 Å². The molecule has 3 atom stereocenters. The second-order valence-electron chi connectivity index (χ2n) is 7.82. The Morgan fingerprint density at radius 1 is 1.43 bits per heavy atom. The van der Waals surface area contributed by atoms with E-state index in [1.807, 2.05) is 0 Å². The molecular weight excluding hydrogens is 368 g/mol. The molecule has 1 aliphatic heterocycles. The maximum Gasteiger partial charge on any atom is 0.415 e. The SMILES string of the molecule is C[C@H](O)[C@H](O)C1CNc2nc(/N=C/N(C)C)[nH]c(=O)c2N1C(=O)OC(C)(C)C. The molecule has 0 saturated heterocycles. The second-order valence-corrected chi connectivity index (χ2v) is 7.82. The first-order valence-corrected chi connectivity index (χ1v) is 8.88. The largest absolute Gasteiger partial charge is 0.443 e. The van der Waals surface area contributed by atoms with Crippen molar-refractivity contribution in [3.63, 3.8) is 0 Å². The number of carbonyl (C=O) groups is 1. The molecule has 28 heavy (non-hydrogen) atoms. The van der Waals surface area contributed by atoms with E-state index in [1.54, 1.807) is 39.8 Å². The molecule has 0 radical (unpaired) electrons. The van der Waals surface area contributed by atoms with E-state index >= 15 is 0 Å². The lowest BCUT2D eigenvalue weighted by Gasteiger charge is -2.39. The fourth-order valence-electron chi connectivity index (χ4n) is 2.62. The lowest BCUT2D eigenvalue weighted by atomic mass is 10.0. The van der Waals surface area contributed by atoms with Crippen LogP contribution in [0.15, 0.2) is 9.79 Å². The Balaban J connectivity index is 2.53. The van der Waals surface area contributed by atoms with Crippen LogP contribution in [-0.2, 0) is 4.74 Å². The number of nitrogens with one attached hydrogen (secondary N) is 2. The third kappa shape index (κ3) is 4.98. The highest BCUT2D eigenvalue weighted by molar-refractivity contribution is 5.93. The van der Waals surface area contributed by atoms with Gasteiger partial charge in [-0.15, -0.1) is 0 Å². The first-order chi connectivity index (χ1) is 12.9. The Morgan fingerprint density at radius 3 is 2.61 bits per heavy atom. The smallest absolute Gasteiger partial charge is 0.415 e. The third-order valence-electron chi connectivity index (χ3n) is 3.82. The molecule has 2 rings (SSSR count). The molecular formula is C17H28N6O5. The van der Waals surface area contributed by atoms with Crippen molar-refractivity contribution in [3.05, 3.63) is 10.4 Å². The Hall–Kier alpha value is -2.66. The van der Waals surface area contributed by atoms with Crippen molar-refractivity contribution >= 4 is 29.9 Å². The number of aromatic nitrogens is 2. The summed E-state index contributed by atoms with van der Waals surface area (Å²) in [7, 11) is 3.54. The Morgan fingerprint density at radius 2 is 2.07 bits per heavy atom. The van der Waals surface area contributed by atoms with E-state index in [4.69, 9.17) is 4.74 Å². The van der Waals surface area contributed by atoms with Gasteiger partial charge in [-0.1, -0.05) is 0 Å². The van der Waals surface area contributed by atoms with Crippen LogP contribution < -0.4 is 15.8 Å². The number of aliphatic imine (C=N–C) groups is 1. The van der Waals surface area contributed by atoms with E-state index in [9.17, 15) is 19.8 Å². The minimum absolute atomic E-state index is 0.0589. The number of hydrogen-bond acceptors (Lipinski definition) is 8. The highest BCUT2D eigenvalue weighted by Crippen LogP contribution is 2.30. The highest BCUT2D eigenvalue weighted by atomic mass is 16.6. The number of hydrogen-bond donors (Lipinski definition) is 4. The summed E-state index contributed by atoms with van der Waals surface area (Å²) in [6.45, 7) is 6.53. The van der Waals surface area contributed by atoms with Gasteiger partial charge in [0.15, 0.2) is 11.5 Å². The molecule has 11 nitrogen and oxygen atoms in total. The van der Waals surface area contributed by atoms with Gasteiger partial charge in [-0.3, -0.25) is 14.7 Å². The van der Waals surface area contributed by atoms with Crippen molar-refractivity contribution in [1.82, 2.24) is 14.9 Å². The van der Waals surface area contributed by atoms with E-state index in [2.05, 4.69) is 20.3 Å². The number of anilines is 2. The summed E-state index contributed by atoms with van der Waals surface area (Å²) in [6, 6.07) is -0.929. The van der Waals surface area contributed by atoms with Crippen molar-refractivity contribution in [2.45, 2.75) is 51.5 Å². The Bertz CT molecular complexity index is 798. The number of H-pyrrole nitrogens is 1. The van der Waals surface area contributed by atoms with E-state index < -0.39 is 35.5 Å². The van der Waals surface area contributed by atoms with Crippen LogP contribution in [0.25, 0.3) is 0 Å². The van der Waals surface area contributed by atoms with Crippen LogP contribution in [0.2, 0.25) is 0 Å². The normalized spacial score (nSPS) is 19.0. The summed E-state index contributed by atoms with van der Waals surface area (Å²) >= 11 is 0. The van der Waals surface area contributed by atoms with Crippen LogP contribution in [-0.4, -0.2) is 82.0 Å². The number of carbonyl (C=O) groups excluding carboxylic acids is 1. The average Bonchev–Trinajstić information content (AvgIpc) is 2.56. The second kappa shape index (κ2) is 8.15. The van der Waals surface area contributed by atoms with Gasteiger partial charge in [0.1, 0.15) is 11.7 Å². The van der Waals surface area contributed by atoms with Crippen molar-refractivity contribution in [2.24, 2.45) is 4.99 Å². The molecule has 1 aliphatic rings. The molecule has 1 aromatic rings. The molecule has 0 aliphatic carbocycles. The molecule has 4 N–H and O–H groups in total. The Kier molecular flexibility index (Phi) is 6.30. The first kappa shape index (κ1) is 21.6. The monoisotopic (exact) mass is 396 g/mol. The molecule has 11 heteroatoms. The van der Waals surface area contributed by atoms with Crippen molar-refractivity contribution < 1.29 is 19.7 Å². The zero-order chi connectivity index (χ0) is 21.2. The zero-order valence-corrected chi connectivity index (χ0v) is 16.9. The highest BCUT2D eigenvalue weighted by Gasteiger charge is 2.41. The van der Waals surface area contributed by atoms with E-state index in [0.717, 1.165) is 4.90 Å². The number of rotatable bonds is 4. The summed E-state index contributed by atoms with van der Waals surface area (Å²) in [5.41, 5.74) is -1.55. The molecule has 0 bridgehead atoms. The van der Waals surface area contributed by atoms with Crippen LogP contribution in [0, 0.1) is 0 Å². The first-order valence-electron chi connectivity index (χ1n) is 8.88. The third-order valence-corrected chi connectivity index (χ3v) is 3.82. The molecule has 1 aromatic heterocycles. The molecule has 0 saturated carbocycles. The number of ether oxygens (including phenoxy) is 1. The van der Waals surface area contributed by atoms with Crippen molar-refractivity contribution in [3.8, 4) is 0 Å². The summed E-state index contributed by atoms with van der Waals surface area (Å²) in [4.78, 5) is 39.1. The van der Waals surface area contributed by atoms with Gasteiger partial charge in [0.2, 0.25) is 5.95 Å². The maximum absolute atomic E-state index is 12.8. The van der Waals surface area contributed by atoms with Crippen molar-refractivity contribution in [1.29, 1.82) is 0 Å². The molecule has 0 spiro atoms. The summed E-state index contributed by atoms with van der Waals surface area (Å²) < 4.78 is 5.41. The Labute approximate surface area is 163 Å². The summed E-state index contributed by atoms with van der Waals surface area (Å²) in [5, 5.41) is 23.1. The fraction of sp³-hybridized carbons (Fsp3) is 0.647. The minimum atomic E-state index is -1.31. The van der Waals surface area contributed by atoms with Gasteiger partial charge in [-0.25, -0.2) is 9.79 Å². The van der Waals surface area contributed by atoms with Crippen LogP contribution >= 0.6 is 0 Å². The van der Waals surface area contributed by atoms with E-state index in [1.165, 1.54) is 13.3 Å². The number of aromatic amines is 1. The number of nitrogens with zero attached hydrogens (tertiary/aromatic N) is 4. The van der Waals surface area contributed by atoms with Gasteiger partial charge in [0.05, 0.1) is 18.5 Å². The quantitative estimate of drug-likeness (QED) is 0.419. The van der Waals surface area contributed by atoms with Crippen LogP contribution in [0.5, 0.6) is 0 Å². The van der Waals surface area contributed by atoms with Gasteiger partial charge in [-0.05, 0) is 27.7 Å². The summed E-state index contributed by atoms with van der Waals surface area (Å²) in [6.07, 6.45) is -1.79. The van der Waals surface area contributed by atoms with Gasteiger partial charge in [0.25, 0.3) is 5.56 Å². The standard InChI is InChI=1S/C17H28N6O5/c1-9(24)12(25)10-7-18-13-11(23(10)16(27)28-17(2,3)4)14(26)21-15(20-13)19-8-22(5)6/h8-10,12,24-25H,7H2,1-6H3,(H2,18,20,21,26)/b19-8+/t9-,10?,12-/m0/s1. The van der Waals surface area contributed by atoms with Crippen LogP contribution in [0.1, 0.15) is 27.7 Å². The van der Waals surface area contributed by atoms with Gasteiger partial charge in [0, 0.05) is 20.6 Å². The number of amides is 1. The molecule has 2 heterocycles. The number of fused-ring (bicyclic) bond motifs is 1. The number of aliphatic hydroxyl groups excluding tert-OH is 2. The van der Waals surface area contributed by atoms with Gasteiger partial charge >= 0.3 is 6.09 Å². The lowest BCUT2D eigenvalue weighted by Crippen LogP contribution is -2.58. The van der Waals surface area contributed by atoms with Crippen LogP contribution in [0.4, 0.5) is 22.2 Å². The van der Waals surface area contributed by atoms with Crippen molar-refractivity contribution in [2.75, 3.05) is 30.9 Å². The number of aliphatic hydroxyl groups is 2. The van der Waals surface area contributed by atoms with Crippen LogP contribution in [0.3, 0.4) is 0 Å². The predicted octanol–water partition coefficient (Wildman–Crippen LogP) is 0.269. The average molecular weight is 396 g/mol. The maximum atomic E-state index is 12.8. The molecule has 156 valence electrons. The van der Waals surface area contributed by atoms with E-state index in [0.29, 0.717) is 0 Å². The topological polar surface area (TPSA) is 143 Å². The van der Waals surface area contributed by atoms with Gasteiger partial charge in [-0.2, -0.15) is 4.98 Å². The predicted molar refractivity (Wildman–Crippen MR) is 105 cm³/mol. The molecule has 0 fully saturated rings. The molecule has 1 unspecified atom stereocenters. The fourth-order valence-corrected chi connectivity index (χ4v) is 2.62. The molecule has 1 amide bonds. The lowest BCUT2D eigenvalue weighted by molar-refractivity contribution is 0.00978. The van der Waals surface area contributed by atoms with Gasteiger partial charge < -0.3 is 25.2 Å². The minimum Gasteiger partial charge on any atom is -0.443 e. The zero-order valence-electron chi connectivity index (χ0n) is 16.9. The summed E-state index contributed by atoms with van der Waals surface area (Å²) in [5.74, 6) is 0.193.